The fourth-order valence-corrected chi connectivity index (χ4v) is 4.53. The maximum absolute atomic E-state index is 13.7. The number of sulfonamides is 1. The lowest BCUT2D eigenvalue weighted by Crippen LogP contribution is -2.39. The van der Waals surface area contributed by atoms with Crippen molar-refractivity contribution in [3.8, 4) is 0 Å². The van der Waals surface area contributed by atoms with Gasteiger partial charge in [-0.25, -0.2) is 18.2 Å². The monoisotopic (exact) mass is 479 g/mol. The predicted octanol–water partition coefficient (Wildman–Crippen LogP) is 4.48. The Morgan fingerprint density at radius 3 is 2.39 bits per heavy atom. The lowest BCUT2D eigenvalue weighted by Gasteiger charge is -2.24. The zero-order valence-corrected chi connectivity index (χ0v) is 18.2. The molecule has 0 fully saturated rings. The summed E-state index contributed by atoms with van der Waals surface area (Å²) in [6.07, 6.45) is 1.12. The summed E-state index contributed by atoms with van der Waals surface area (Å²) in [4.78, 5) is 12.4. The molecule has 10 heteroatoms. The highest BCUT2D eigenvalue weighted by Crippen LogP contribution is 2.35. The maximum atomic E-state index is 13.7. The summed E-state index contributed by atoms with van der Waals surface area (Å²) < 4.78 is 40.9. The maximum Gasteiger partial charge on any atom is 0.264 e. The molecule has 0 aliphatic rings. The van der Waals surface area contributed by atoms with Gasteiger partial charge in [0.2, 0.25) is 0 Å². The number of amides is 1. The third-order valence-corrected chi connectivity index (χ3v) is 6.70. The van der Waals surface area contributed by atoms with Crippen molar-refractivity contribution in [2.45, 2.75) is 4.90 Å². The van der Waals surface area contributed by atoms with Crippen molar-refractivity contribution in [2.75, 3.05) is 10.8 Å². The average molecular weight is 480 g/mol. The van der Waals surface area contributed by atoms with E-state index in [0.29, 0.717) is 0 Å². The van der Waals surface area contributed by atoms with E-state index in [2.05, 4.69) is 10.5 Å². The SMILES string of the molecule is O=C(CN(c1cccc(Cl)c1Cl)S(=O)(=O)c1ccccc1)N/N=C\c1ccccc1F. The standard InChI is InChI=1S/C21H16Cl2FN3O3S/c22-17-10-6-12-19(21(17)23)27(31(29,30)16-8-2-1-3-9-16)14-20(28)26-25-13-15-7-4-5-11-18(15)24/h1-13H,14H2,(H,26,28)/b25-13-. The molecule has 0 heterocycles. The molecular weight excluding hydrogens is 464 g/mol. The number of carbonyl (C=O) groups excluding carboxylic acids is 1. The number of hydrogen-bond donors (Lipinski definition) is 1. The summed E-state index contributed by atoms with van der Waals surface area (Å²) in [5.74, 6) is -1.28. The summed E-state index contributed by atoms with van der Waals surface area (Å²) in [5, 5.41) is 3.81. The minimum atomic E-state index is -4.15. The largest absolute Gasteiger partial charge is 0.271 e. The Morgan fingerprint density at radius 2 is 1.68 bits per heavy atom. The highest BCUT2D eigenvalue weighted by atomic mass is 35.5. The van der Waals surface area contributed by atoms with Gasteiger partial charge in [-0.3, -0.25) is 9.10 Å². The van der Waals surface area contributed by atoms with E-state index in [4.69, 9.17) is 23.2 Å². The molecule has 0 aliphatic heterocycles. The third kappa shape index (κ3) is 5.41. The highest BCUT2D eigenvalue weighted by molar-refractivity contribution is 7.92. The van der Waals surface area contributed by atoms with Gasteiger partial charge in [0.05, 0.1) is 26.8 Å². The first-order valence-corrected chi connectivity index (χ1v) is 11.1. The fraction of sp³-hybridized carbons (Fsp3) is 0.0476. The number of rotatable bonds is 7. The minimum Gasteiger partial charge on any atom is -0.271 e. The lowest BCUT2D eigenvalue weighted by atomic mass is 10.2. The number of halogens is 3. The van der Waals surface area contributed by atoms with Gasteiger partial charge in [-0.2, -0.15) is 5.10 Å². The van der Waals surface area contributed by atoms with Gasteiger partial charge in [0, 0.05) is 5.56 Å². The summed E-state index contributed by atoms with van der Waals surface area (Å²) in [7, 11) is -4.15. The van der Waals surface area contributed by atoms with E-state index in [1.165, 1.54) is 48.5 Å². The number of nitrogens with one attached hydrogen (secondary N) is 1. The van der Waals surface area contributed by atoms with Gasteiger partial charge in [-0.05, 0) is 30.3 Å². The Hall–Kier alpha value is -2.94. The van der Waals surface area contributed by atoms with E-state index < -0.39 is 28.3 Å². The van der Waals surface area contributed by atoms with Crippen molar-refractivity contribution in [2.24, 2.45) is 5.10 Å². The molecule has 6 nitrogen and oxygen atoms in total. The third-order valence-electron chi connectivity index (χ3n) is 4.12. The van der Waals surface area contributed by atoms with Gasteiger partial charge in [-0.1, -0.05) is 65.7 Å². The van der Waals surface area contributed by atoms with Crippen molar-refractivity contribution in [3.05, 3.63) is 94.2 Å². The van der Waals surface area contributed by atoms with Crippen LogP contribution in [-0.4, -0.2) is 27.1 Å². The molecule has 3 aromatic carbocycles. The number of carbonyl (C=O) groups is 1. The quantitative estimate of drug-likeness (QED) is 0.400. The van der Waals surface area contributed by atoms with Crippen LogP contribution < -0.4 is 9.73 Å². The topological polar surface area (TPSA) is 78.8 Å². The van der Waals surface area contributed by atoms with Gasteiger partial charge in [0.15, 0.2) is 0 Å². The number of nitrogens with zero attached hydrogens (tertiary/aromatic N) is 2. The van der Waals surface area contributed by atoms with E-state index in [1.807, 2.05) is 0 Å². The lowest BCUT2D eigenvalue weighted by molar-refractivity contribution is -0.119. The molecule has 0 bridgehead atoms. The number of hydrogen-bond acceptors (Lipinski definition) is 4. The second-order valence-corrected chi connectivity index (χ2v) is 8.86. The second-order valence-electron chi connectivity index (χ2n) is 6.21. The number of hydrazone groups is 1. The summed E-state index contributed by atoms with van der Waals surface area (Å²) in [5.41, 5.74) is 2.39. The van der Waals surface area contributed by atoms with Crippen LogP contribution in [0.3, 0.4) is 0 Å². The summed E-state index contributed by atoms with van der Waals surface area (Å²) in [6, 6.07) is 17.9. The van der Waals surface area contributed by atoms with Crippen LogP contribution >= 0.6 is 23.2 Å². The Balaban J connectivity index is 1.89. The first-order chi connectivity index (χ1) is 14.8. The predicted molar refractivity (Wildman–Crippen MR) is 120 cm³/mol. The molecule has 0 atom stereocenters. The van der Waals surface area contributed by atoms with Crippen molar-refractivity contribution in [1.29, 1.82) is 0 Å². The smallest absolute Gasteiger partial charge is 0.264 e. The van der Waals surface area contributed by atoms with Crippen molar-refractivity contribution in [3.63, 3.8) is 0 Å². The Bertz CT molecular complexity index is 1220. The molecule has 1 N–H and O–H groups in total. The van der Waals surface area contributed by atoms with Crippen LogP contribution in [0, 0.1) is 5.82 Å². The van der Waals surface area contributed by atoms with Crippen LogP contribution in [0.25, 0.3) is 0 Å². The summed E-state index contributed by atoms with van der Waals surface area (Å²) >= 11 is 12.3. The zero-order chi connectivity index (χ0) is 22.4. The van der Waals surface area contributed by atoms with E-state index in [1.54, 1.807) is 24.3 Å². The molecule has 0 aliphatic carbocycles. The second kappa shape index (κ2) is 9.91. The Morgan fingerprint density at radius 1 is 1.00 bits per heavy atom. The molecule has 3 rings (SSSR count). The number of anilines is 1. The van der Waals surface area contributed by atoms with Gasteiger partial charge in [-0.15, -0.1) is 0 Å². The summed E-state index contributed by atoms with van der Waals surface area (Å²) in [6.45, 7) is -0.633. The molecule has 0 saturated carbocycles. The van der Waals surface area contributed by atoms with Crippen LogP contribution in [0.2, 0.25) is 10.0 Å². The molecular formula is C21H16Cl2FN3O3S. The van der Waals surface area contributed by atoms with E-state index in [-0.39, 0.29) is 26.2 Å². The van der Waals surface area contributed by atoms with Crippen LogP contribution in [0.4, 0.5) is 10.1 Å². The first-order valence-electron chi connectivity index (χ1n) is 8.89. The van der Waals surface area contributed by atoms with Crippen LogP contribution in [0.5, 0.6) is 0 Å². The van der Waals surface area contributed by atoms with Crippen LogP contribution in [-0.2, 0) is 14.8 Å². The molecule has 0 radical (unpaired) electrons. The highest BCUT2D eigenvalue weighted by Gasteiger charge is 2.29. The first kappa shape index (κ1) is 22.7. The molecule has 0 saturated heterocycles. The zero-order valence-electron chi connectivity index (χ0n) is 15.9. The van der Waals surface area contributed by atoms with Gasteiger partial charge < -0.3 is 0 Å². The Labute approximate surface area is 189 Å². The van der Waals surface area contributed by atoms with Crippen molar-refractivity contribution in [1.82, 2.24) is 5.43 Å². The van der Waals surface area contributed by atoms with Crippen molar-refractivity contribution >= 4 is 51.0 Å². The molecule has 160 valence electrons. The van der Waals surface area contributed by atoms with Crippen LogP contribution in [0.15, 0.2) is 82.8 Å². The molecule has 1 amide bonds. The molecule has 31 heavy (non-hydrogen) atoms. The van der Waals surface area contributed by atoms with E-state index in [0.717, 1.165) is 10.5 Å². The number of benzene rings is 3. The molecule has 0 spiro atoms. The minimum absolute atomic E-state index is 0.0219. The van der Waals surface area contributed by atoms with Crippen molar-refractivity contribution < 1.29 is 17.6 Å². The Kier molecular flexibility index (Phi) is 7.27. The molecule has 0 unspecified atom stereocenters. The molecule has 3 aromatic rings. The van der Waals surface area contributed by atoms with Gasteiger partial charge >= 0.3 is 0 Å². The molecule has 0 aromatic heterocycles. The normalized spacial score (nSPS) is 11.5. The van der Waals surface area contributed by atoms with E-state index in [9.17, 15) is 17.6 Å². The van der Waals surface area contributed by atoms with Gasteiger partial charge in [0.1, 0.15) is 12.4 Å². The van der Waals surface area contributed by atoms with Gasteiger partial charge in [0.25, 0.3) is 15.9 Å². The fourth-order valence-electron chi connectivity index (χ4n) is 2.62. The average Bonchev–Trinajstić information content (AvgIpc) is 2.76. The van der Waals surface area contributed by atoms with Crippen LogP contribution in [0.1, 0.15) is 5.56 Å². The van der Waals surface area contributed by atoms with E-state index >= 15 is 0 Å².